The highest BCUT2D eigenvalue weighted by atomic mass is 16.5. The number of aliphatic imine (C=N–C) groups is 1. The molecule has 1 saturated heterocycles. The number of rotatable bonds is 9. The highest BCUT2D eigenvalue weighted by Crippen LogP contribution is 2.37. The van der Waals surface area contributed by atoms with Gasteiger partial charge in [0.25, 0.3) is 0 Å². The molecule has 3 unspecified atom stereocenters. The Kier molecular flexibility index (Phi) is 8.53. The van der Waals surface area contributed by atoms with Crippen molar-refractivity contribution in [3.05, 3.63) is 83.6 Å². The van der Waals surface area contributed by atoms with Gasteiger partial charge in [-0.3, -0.25) is 14.7 Å². The summed E-state index contributed by atoms with van der Waals surface area (Å²) in [5.41, 5.74) is 11.5. The third kappa shape index (κ3) is 6.32. The average Bonchev–Trinajstić information content (AvgIpc) is 3.95. The van der Waals surface area contributed by atoms with Gasteiger partial charge in [-0.2, -0.15) is 0 Å². The number of nitrogens with zero attached hydrogens (tertiary/aromatic N) is 4. The van der Waals surface area contributed by atoms with Gasteiger partial charge >= 0.3 is 0 Å². The highest BCUT2D eigenvalue weighted by Gasteiger charge is 2.48. The van der Waals surface area contributed by atoms with Gasteiger partial charge in [0, 0.05) is 62.0 Å². The Morgan fingerprint density at radius 3 is 2.30 bits per heavy atom. The molecule has 1 amide bonds. The number of carbonyl (C=O) groups is 1. The molecule has 226 valence electrons. The van der Waals surface area contributed by atoms with Crippen LogP contribution < -0.4 is 10.5 Å². The van der Waals surface area contributed by atoms with Crippen molar-refractivity contribution in [1.82, 2.24) is 9.80 Å². The Morgan fingerprint density at radius 2 is 1.70 bits per heavy atom. The number of allylic oxidation sites excluding steroid dienone is 2. The van der Waals surface area contributed by atoms with Gasteiger partial charge in [-0.05, 0) is 75.4 Å². The minimum Gasteiger partial charge on any atom is -0.457 e. The molecule has 2 heterocycles. The maximum absolute atomic E-state index is 13.2. The van der Waals surface area contributed by atoms with E-state index in [1.54, 1.807) is 0 Å². The molecule has 2 N–H and O–H groups in total. The van der Waals surface area contributed by atoms with Crippen LogP contribution in [0.1, 0.15) is 51.5 Å². The maximum Gasteiger partial charge on any atom is 0.246 e. The van der Waals surface area contributed by atoms with E-state index in [1.165, 1.54) is 25.7 Å². The normalized spacial score (nSPS) is 26.6. The SMILES string of the molecule is CN=C1C(=C(C)N)C(c2ccc(Oc3ccccc3)cc2)=[N+](C)C(C2CCN(C(=O)C=CCN(C3CC3)C3CC3)C2)C1C. The van der Waals surface area contributed by atoms with Gasteiger partial charge < -0.3 is 15.4 Å². The Balaban J connectivity index is 1.22. The molecule has 0 spiro atoms. The fourth-order valence-electron chi connectivity index (χ4n) is 7.31. The fraction of sp³-hybridized carbons (Fsp3) is 0.472. The summed E-state index contributed by atoms with van der Waals surface area (Å²) in [4.78, 5) is 22.7. The molecular weight excluding hydrogens is 534 g/mol. The molecule has 3 atom stereocenters. The lowest BCUT2D eigenvalue weighted by molar-refractivity contribution is -0.553. The van der Waals surface area contributed by atoms with Crippen molar-refractivity contribution in [2.45, 2.75) is 64.1 Å². The van der Waals surface area contributed by atoms with Gasteiger partial charge in [-0.15, -0.1) is 0 Å². The molecule has 6 rings (SSSR count). The lowest BCUT2D eigenvalue weighted by atomic mass is 9.77. The molecule has 3 fully saturated rings. The summed E-state index contributed by atoms with van der Waals surface area (Å²) in [5, 5.41) is 0. The van der Waals surface area contributed by atoms with Gasteiger partial charge in [0.15, 0.2) is 6.04 Å². The van der Waals surface area contributed by atoms with Crippen LogP contribution in [0.3, 0.4) is 0 Å². The summed E-state index contributed by atoms with van der Waals surface area (Å²) in [5.74, 6) is 2.24. The molecule has 2 aliphatic carbocycles. The van der Waals surface area contributed by atoms with Crippen molar-refractivity contribution in [3.8, 4) is 11.5 Å². The number of para-hydroxylation sites is 1. The fourth-order valence-corrected chi connectivity index (χ4v) is 7.31. The lowest BCUT2D eigenvalue weighted by Gasteiger charge is -2.34. The number of amides is 1. The van der Waals surface area contributed by atoms with E-state index < -0.39 is 0 Å². The maximum atomic E-state index is 13.2. The van der Waals surface area contributed by atoms with E-state index in [4.69, 9.17) is 15.5 Å². The topological polar surface area (TPSA) is 74.2 Å². The molecule has 0 bridgehead atoms. The zero-order valence-electron chi connectivity index (χ0n) is 26.1. The number of hydrogen-bond donors (Lipinski definition) is 1. The number of likely N-dealkylation sites (tertiary alicyclic amines) is 1. The number of benzene rings is 2. The molecule has 2 aliphatic heterocycles. The third-order valence-electron chi connectivity index (χ3n) is 9.61. The largest absolute Gasteiger partial charge is 0.457 e. The molecule has 0 radical (unpaired) electrons. The average molecular weight is 581 g/mol. The monoisotopic (exact) mass is 580 g/mol. The van der Waals surface area contributed by atoms with Crippen LogP contribution in [-0.4, -0.2) is 83.6 Å². The third-order valence-corrected chi connectivity index (χ3v) is 9.61. The molecule has 2 saturated carbocycles. The van der Waals surface area contributed by atoms with Crippen LogP contribution >= 0.6 is 0 Å². The summed E-state index contributed by atoms with van der Waals surface area (Å²) in [6.45, 7) is 6.67. The van der Waals surface area contributed by atoms with Crippen molar-refractivity contribution in [2.75, 3.05) is 33.7 Å². The second kappa shape index (κ2) is 12.5. The predicted octanol–water partition coefficient (Wildman–Crippen LogP) is 5.26. The first kappa shape index (κ1) is 29.4. The van der Waals surface area contributed by atoms with Crippen LogP contribution in [0.5, 0.6) is 11.5 Å². The highest BCUT2D eigenvalue weighted by molar-refractivity contribution is 6.30. The van der Waals surface area contributed by atoms with Gasteiger partial charge in [-0.1, -0.05) is 31.2 Å². The Hall–Kier alpha value is -3.71. The molecule has 2 aromatic rings. The van der Waals surface area contributed by atoms with E-state index in [-0.39, 0.29) is 17.9 Å². The van der Waals surface area contributed by atoms with E-state index in [0.29, 0.717) is 5.92 Å². The number of ether oxygens (including phenoxy) is 1. The van der Waals surface area contributed by atoms with Crippen molar-refractivity contribution < 1.29 is 14.1 Å². The molecule has 4 aliphatic rings. The predicted molar refractivity (Wildman–Crippen MR) is 173 cm³/mol. The second-order valence-electron chi connectivity index (χ2n) is 12.7. The van der Waals surface area contributed by atoms with Crippen LogP contribution in [0.25, 0.3) is 0 Å². The van der Waals surface area contributed by atoms with Crippen LogP contribution in [0.15, 0.2) is 83.0 Å². The number of carbonyl (C=O) groups excluding carboxylic acids is 1. The summed E-state index contributed by atoms with van der Waals surface area (Å²) in [6, 6.07) is 19.7. The van der Waals surface area contributed by atoms with Crippen LogP contribution in [0.2, 0.25) is 0 Å². The van der Waals surface area contributed by atoms with E-state index in [0.717, 1.165) is 77.9 Å². The first-order valence-electron chi connectivity index (χ1n) is 15.9. The zero-order chi connectivity index (χ0) is 30.1. The number of hydrogen-bond acceptors (Lipinski definition) is 5. The summed E-state index contributed by atoms with van der Waals surface area (Å²) < 4.78 is 8.46. The van der Waals surface area contributed by atoms with Crippen LogP contribution in [-0.2, 0) is 4.79 Å². The minimum absolute atomic E-state index is 0.140. The summed E-state index contributed by atoms with van der Waals surface area (Å²) in [7, 11) is 4.04. The molecular formula is C36H46N5O2+. The molecule has 43 heavy (non-hydrogen) atoms. The second-order valence-corrected chi connectivity index (χ2v) is 12.7. The van der Waals surface area contributed by atoms with Gasteiger partial charge in [0.2, 0.25) is 11.6 Å². The van der Waals surface area contributed by atoms with Crippen molar-refractivity contribution in [1.29, 1.82) is 0 Å². The van der Waals surface area contributed by atoms with Crippen molar-refractivity contribution in [3.63, 3.8) is 0 Å². The Bertz CT molecular complexity index is 1430. The van der Waals surface area contributed by atoms with E-state index in [2.05, 4.69) is 41.7 Å². The van der Waals surface area contributed by atoms with Crippen LogP contribution in [0, 0.1) is 11.8 Å². The van der Waals surface area contributed by atoms with E-state index >= 15 is 0 Å². The van der Waals surface area contributed by atoms with Gasteiger partial charge in [-0.25, -0.2) is 4.58 Å². The first-order chi connectivity index (χ1) is 20.9. The lowest BCUT2D eigenvalue weighted by Crippen LogP contribution is -2.50. The van der Waals surface area contributed by atoms with E-state index in [1.807, 2.05) is 67.4 Å². The summed E-state index contributed by atoms with van der Waals surface area (Å²) >= 11 is 0. The standard InChI is InChI=1S/C36H45N5O2/c1-24-34(38-3)33(25(2)37)36(26-12-18-31(19-13-26)43-30-9-6-5-7-10-30)39(4)35(24)27-20-22-40(23-27)32(42)11-8-21-41(28-14-15-28)29-16-17-29/h5-13,18-19,24,27-29,35,37H,14-17,20-23H2,1-4H3/p+1. The Morgan fingerprint density at radius 1 is 1.05 bits per heavy atom. The smallest absolute Gasteiger partial charge is 0.246 e. The minimum atomic E-state index is 0.140. The zero-order valence-corrected chi connectivity index (χ0v) is 26.1. The van der Waals surface area contributed by atoms with Gasteiger partial charge in [0.1, 0.15) is 18.5 Å². The molecule has 0 aromatic heterocycles. The number of nitrogens with two attached hydrogens (primary N) is 1. The van der Waals surface area contributed by atoms with Crippen molar-refractivity contribution in [2.24, 2.45) is 22.6 Å². The van der Waals surface area contributed by atoms with Crippen LogP contribution in [0.4, 0.5) is 0 Å². The Labute approximate surface area is 256 Å². The van der Waals surface area contributed by atoms with E-state index in [9.17, 15) is 4.79 Å². The molecule has 7 nitrogen and oxygen atoms in total. The molecule has 7 heteroatoms. The quantitative estimate of drug-likeness (QED) is 0.324. The van der Waals surface area contributed by atoms with Gasteiger partial charge in [0.05, 0.1) is 17.2 Å². The first-order valence-corrected chi connectivity index (χ1v) is 15.9. The molecule has 2 aromatic carbocycles. The van der Waals surface area contributed by atoms with Crippen molar-refractivity contribution >= 4 is 17.3 Å². The summed E-state index contributed by atoms with van der Waals surface area (Å²) in [6.07, 6.45) is 10.1.